The highest BCUT2D eigenvalue weighted by atomic mass is 32.1. The van der Waals surface area contributed by atoms with E-state index in [-0.39, 0.29) is 40.7 Å². The molecule has 1 atom stereocenters. The Morgan fingerprint density at radius 1 is 0.778 bits per heavy atom. The molecule has 1 aliphatic heterocycles. The summed E-state index contributed by atoms with van der Waals surface area (Å²) >= 11 is 5.54. The van der Waals surface area contributed by atoms with Crippen LogP contribution in [0, 0.1) is 0 Å². The second-order valence-corrected chi connectivity index (χ2v) is 6.87. The van der Waals surface area contributed by atoms with Crippen LogP contribution in [0.15, 0.2) is 60.7 Å². The van der Waals surface area contributed by atoms with Gasteiger partial charge in [-0.25, -0.2) is 0 Å². The highest BCUT2D eigenvalue weighted by Gasteiger charge is 2.46. The zero-order valence-electron chi connectivity index (χ0n) is 14.1. The first-order chi connectivity index (χ1) is 12.9. The van der Waals surface area contributed by atoms with E-state index >= 15 is 0 Å². The molecular formula is C21H16O5S. The molecule has 1 aliphatic rings. The van der Waals surface area contributed by atoms with E-state index in [0.29, 0.717) is 16.0 Å². The highest BCUT2D eigenvalue weighted by molar-refractivity contribution is 7.80. The molecule has 4 N–H and O–H groups in total. The lowest BCUT2D eigenvalue weighted by Crippen LogP contribution is -2.40. The minimum absolute atomic E-state index is 0.0397. The molecule has 6 heteroatoms. The van der Waals surface area contributed by atoms with Crippen molar-refractivity contribution < 1.29 is 25.2 Å². The number of hydrogen-bond acceptors (Lipinski definition) is 6. The molecule has 0 radical (unpaired) electrons. The number of fused-ring (bicyclic) bond motifs is 1. The number of thiocarbonyl (C=S) groups is 1. The van der Waals surface area contributed by atoms with Crippen molar-refractivity contribution >= 4 is 17.1 Å². The first-order valence-corrected chi connectivity index (χ1v) is 8.69. The quantitative estimate of drug-likeness (QED) is 0.306. The minimum Gasteiger partial charge on any atom is -0.507 e. The van der Waals surface area contributed by atoms with Gasteiger partial charge in [-0.15, -0.1) is 0 Å². The van der Waals surface area contributed by atoms with Crippen LogP contribution in [0.25, 0.3) is 0 Å². The summed E-state index contributed by atoms with van der Waals surface area (Å²) in [4.78, 5) is 0.372. The molecule has 0 fully saturated rings. The van der Waals surface area contributed by atoms with E-state index in [0.717, 1.165) is 0 Å². The van der Waals surface area contributed by atoms with Gasteiger partial charge < -0.3 is 25.2 Å². The number of benzene rings is 3. The van der Waals surface area contributed by atoms with Gasteiger partial charge in [0, 0.05) is 22.4 Å². The summed E-state index contributed by atoms with van der Waals surface area (Å²) < 4.78 is 6.24. The Labute approximate surface area is 160 Å². The fourth-order valence-corrected chi connectivity index (χ4v) is 3.89. The third-order valence-electron chi connectivity index (χ3n) is 4.77. The molecule has 3 aromatic carbocycles. The summed E-state index contributed by atoms with van der Waals surface area (Å²) in [5.41, 5.74) is -0.0262. The molecule has 3 aromatic rings. The number of hydrogen-bond donors (Lipinski definition) is 4. The number of aromatic hydroxyl groups is 4. The van der Waals surface area contributed by atoms with E-state index in [2.05, 4.69) is 0 Å². The first-order valence-electron chi connectivity index (χ1n) is 8.28. The summed E-state index contributed by atoms with van der Waals surface area (Å²) in [6.45, 7) is 0. The maximum Gasteiger partial charge on any atom is 0.174 e. The summed E-state index contributed by atoms with van der Waals surface area (Å²) in [6.07, 6.45) is 0.132. The van der Waals surface area contributed by atoms with Crippen molar-refractivity contribution in [3.05, 3.63) is 77.4 Å². The molecule has 0 spiro atoms. The van der Waals surface area contributed by atoms with Crippen LogP contribution in [0.2, 0.25) is 0 Å². The zero-order chi connectivity index (χ0) is 19.2. The minimum atomic E-state index is -1.28. The van der Waals surface area contributed by atoms with Gasteiger partial charge in [-0.1, -0.05) is 54.7 Å². The Balaban J connectivity index is 2.03. The fourth-order valence-electron chi connectivity index (χ4n) is 3.49. The fraction of sp³-hybridized carbons (Fsp3) is 0.0952. The highest BCUT2D eigenvalue weighted by Crippen LogP contribution is 2.52. The van der Waals surface area contributed by atoms with Crippen molar-refractivity contribution in [3.8, 4) is 28.7 Å². The molecule has 1 heterocycles. The lowest BCUT2D eigenvalue weighted by molar-refractivity contribution is 0.104. The van der Waals surface area contributed by atoms with Crippen molar-refractivity contribution in [1.29, 1.82) is 0 Å². The smallest absolute Gasteiger partial charge is 0.174 e. The van der Waals surface area contributed by atoms with Gasteiger partial charge in [0.05, 0.1) is 5.56 Å². The number of para-hydroxylation sites is 1. The Bertz CT molecular complexity index is 1050. The van der Waals surface area contributed by atoms with E-state index in [4.69, 9.17) is 17.0 Å². The van der Waals surface area contributed by atoms with Crippen molar-refractivity contribution in [3.63, 3.8) is 0 Å². The summed E-state index contributed by atoms with van der Waals surface area (Å²) in [5, 5.41) is 41.1. The van der Waals surface area contributed by atoms with Crippen molar-refractivity contribution in [2.24, 2.45) is 0 Å². The van der Waals surface area contributed by atoms with Crippen molar-refractivity contribution in [2.45, 2.75) is 12.0 Å². The Hall–Kier alpha value is -3.25. The van der Waals surface area contributed by atoms with Gasteiger partial charge in [0.25, 0.3) is 0 Å². The Kier molecular flexibility index (Phi) is 3.93. The molecule has 5 nitrogen and oxygen atoms in total. The summed E-state index contributed by atoms with van der Waals surface area (Å²) in [7, 11) is 0. The molecule has 0 saturated carbocycles. The van der Waals surface area contributed by atoms with E-state index < -0.39 is 5.60 Å². The van der Waals surface area contributed by atoms with Crippen LogP contribution in [0.3, 0.4) is 0 Å². The predicted octanol–water partition coefficient (Wildman–Crippen LogP) is 3.95. The normalized spacial score (nSPS) is 18.6. The third-order valence-corrected chi connectivity index (χ3v) is 5.12. The molecule has 0 saturated heterocycles. The average molecular weight is 380 g/mol. The lowest BCUT2D eigenvalue weighted by atomic mass is 9.78. The molecule has 0 amide bonds. The Morgan fingerprint density at radius 2 is 1.48 bits per heavy atom. The molecule has 136 valence electrons. The van der Waals surface area contributed by atoms with Gasteiger partial charge in [-0.2, -0.15) is 0 Å². The van der Waals surface area contributed by atoms with Crippen LogP contribution >= 0.6 is 12.2 Å². The molecule has 4 rings (SSSR count). The monoisotopic (exact) mass is 380 g/mol. The lowest BCUT2D eigenvalue weighted by Gasteiger charge is -2.40. The topological polar surface area (TPSA) is 90.2 Å². The van der Waals surface area contributed by atoms with Crippen LogP contribution < -0.4 is 4.74 Å². The summed E-state index contributed by atoms with van der Waals surface area (Å²) in [6, 6.07) is 16.4. The van der Waals surface area contributed by atoms with Gasteiger partial charge in [0.2, 0.25) is 0 Å². The van der Waals surface area contributed by atoms with Crippen molar-refractivity contribution in [1.82, 2.24) is 0 Å². The van der Waals surface area contributed by atoms with Gasteiger partial charge in [-0.3, -0.25) is 0 Å². The molecule has 27 heavy (non-hydrogen) atoms. The van der Waals surface area contributed by atoms with Gasteiger partial charge in [-0.05, 0) is 18.2 Å². The standard InChI is InChI=1S/C21H16O5S/c22-14-9-10-16(24)20-18(14)17(27)11-21(26-20,12-5-2-1-3-6-12)13-7-4-8-15(23)19(13)25/h1-10,22-25H,11H2. The maximum absolute atomic E-state index is 10.5. The molecular weight excluding hydrogens is 364 g/mol. The van der Waals surface area contributed by atoms with Crippen LogP contribution in [0.5, 0.6) is 28.7 Å². The Morgan fingerprint density at radius 3 is 2.22 bits per heavy atom. The van der Waals surface area contributed by atoms with E-state index in [1.807, 2.05) is 30.3 Å². The van der Waals surface area contributed by atoms with E-state index in [1.165, 1.54) is 18.2 Å². The second kappa shape index (κ2) is 6.17. The molecule has 0 aliphatic carbocycles. The van der Waals surface area contributed by atoms with Gasteiger partial charge in [0.15, 0.2) is 28.6 Å². The molecule has 1 unspecified atom stereocenters. The van der Waals surface area contributed by atoms with Crippen LogP contribution in [0.1, 0.15) is 23.1 Å². The predicted molar refractivity (Wildman–Crippen MR) is 104 cm³/mol. The van der Waals surface area contributed by atoms with Gasteiger partial charge in [0.1, 0.15) is 5.75 Å². The SMILES string of the molecule is Oc1cccc(C2(c3ccccc3)CC(=S)c3c(O)ccc(O)c3O2)c1O. The van der Waals surface area contributed by atoms with E-state index in [1.54, 1.807) is 12.1 Å². The zero-order valence-corrected chi connectivity index (χ0v) is 14.9. The molecule has 0 bridgehead atoms. The van der Waals surface area contributed by atoms with Crippen molar-refractivity contribution in [2.75, 3.05) is 0 Å². The first kappa shape index (κ1) is 17.2. The summed E-state index contributed by atoms with van der Waals surface area (Å²) in [5.74, 6) is -0.840. The number of phenolic OH excluding ortho intramolecular Hbond substituents is 4. The number of rotatable bonds is 2. The molecule has 0 aromatic heterocycles. The van der Waals surface area contributed by atoms with Crippen LogP contribution in [-0.2, 0) is 5.60 Å². The largest absolute Gasteiger partial charge is 0.507 e. The van der Waals surface area contributed by atoms with E-state index in [9.17, 15) is 20.4 Å². The van der Waals surface area contributed by atoms with Gasteiger partial charge >= 0.3 is 0 Å². The van der Waals surface area contributed by atoms with Crippen LogP contribution in [-0.4, -0.2) is 25.3 Å². The number of ether oxygens (including phenoxy) is 1. The maximum atomic E-state index is 10.5. The second-order valence-electron chi connectivity index (χ2n) is 6.38. The van der Waals surface area contributed by atoms with Crippen LogP contribution in [0.4, 0.5) is 0 Å². The third kappa shape index (κ3) is 2.57. The average Bonchev–Trinajstić information content (AvgIpc) is 2.67. The number of phenols is 4.